The van der Waals surface area contributed by atoms with Crippen LogP contribution < -0.4 is 5.32 Å². The Hall–Kier alpha value is -0.680. The zero-order valence-electron chi connectivity index (χ0n) is 13.4. The van der Waals surface area contributed by atoms with Crippen LogP contribution >= 0.6 is 11.5 Å². The molecule has 0 radical (unpaired) electrons. The number of nitrogens with zero attached hydrogens (tertiary/aromatic N) is 2. The highest BCUT2D eigenvalue weighted by molar-refractivity contribution is 7.09. The van der Waals surface area contributed by atoms with E-state index in [1.165, 1.54) is 43.6 Å². The third kappa shape index (κ3) is 3.57. The summed E-state index contributed by atoms with van der Waals surface area (Å²) in [5, 5.41) is 4.58. The first-order valence-corrected chi connectivity index (χ1v) is 8.99. The molecular weight excluding hydrogens is 282 g/mol. The molecule has 2 fully saturated rings. The minimum Gasteiger partial charge on any atom is -0.375 e. The molecule has 1 atom stereocenters. The quantitative estimate of drug-likeness (QED) is 0.892. The smallest absolute Gasteiger partial charge is 0.202 e. The van der Waals surface area contributed by atoms with Crippen molar-refractivity contribution < 1.29 is 4.74 Å². The maximum atomic E-state index is 6.16. The highest BCUT2D eigenvalue weighted by Crippen LogP contribution is 2.39. The number of hydrogen-bond donors (Lipinski definition) is 1. The van der Waals surface area contributed by atoms with Crippen molar-refractivity contribution in [1.82, 2.24) is 9.36 Å². The van der Waals surface area contributed by atoms with Gasteiger partial charge in [-0.1, -0.05) is 40.0 Å². The molecular formula is C16H27N3OS. The van der Waals surface area contributed by atoms with Crippen molar-refractivity contribution >= 4 is 16.7 Å². The van der Waals surface area contributed by atoms with Gasteiger partial charge in [-0.15, -0.1) is 0 Å². The normalized spacial score (nSPS) is 26.0. The lowest BCUT2D eigenvalue weighted by Gasteiger charge is -2.43. The van der Waals surface area contributed by atoms with E-state index < -0.39 is 0 Å². The summed E-state index contributed by atoms with van der Waals surface area (Å²) in [6.07, 6.45) is 8.67. The fraction of sp³-hybridized carbons (Fsp3) is 0.875. The van der Waals surface area contributed by atoms with E-state index in [1.807, 2.05) is 0 Å². The van der Waals surface area contributed by atoms with Crippen molar-refractivity contribution in [1.29, 1.82) is 0 Å². The number of anilines is 1. The maximum absolute atomic E-state index is 6.16. The Bertz CT molecular complexity index is 469. The van der Waals surface area contributed by atoms with E-state index in [9.17, 15) is 0 Å². The molecule has 1 unspecified atom stereocenters. The number of aromatic nitrogens is 2. The van der Waals surface area contributed by atoms with E-state index in [0.29, 0.717) is 6.04 Å². The largest absolute Gasteiger partial charge is 0.375 e. The fourth-order valence-electron chi connectivity index (χ4n) is 3.46. The van der Waals surface area contributed by atoms with E-state index in [0.717, 1.165) is 30.4 Å². The lowest BCUT2D eigenvalue weighted by molar-refractivity contribution is -0.103. The van der Waals surface area contributed by atoms with Gasteiger partial charge in [-0.05, 0) is 25.7 Å². The van der Waals surface area contributed by atoms with Crippen LogP contribution in [-0.2, 0) is 10.2 Å². The van der Waals surface area contributed by atoms with Crippen molar-refractivity contribution in [2.45, 2.75) is 82.8 Å². The van der Waals surface area contributed by atoms with Crippen LogP contribution in [0, 0.1) is 0 Å². The van der Waals surface area contributed by atoms with E-state index in [-0.39, 0.29) is 11.0 Å². The molecule has 1 aliphatic heterocycles. The van der Waals surface area contributed by atoms with Crippen LogP contribution in [0.4, 0.5) is 5.13 Å². The SMILES string of the molecule is CC(C)(C)c1nsc(NC2CCOC3(CCCCC3)C2)n1. The average Bonchev–Trinajstić information content (AvgIpc) is 2.88. The monoisotopic (exact) mass is 309 g/mol. The molecule has 0 bridgehead atoms. The summed E-state index contributed by atoms with van der Waals surface area (Å²) in [6.45, 7) is 7.35. The van der Waals surface area contributed by atoms with Crippen LogP contribution in [0.1, 0.15) is 71.5 Å². The van der Waals surface area contributed by atoms with Crippen molar-refractivity contribution in [3.05, 3.63) is 5.82 Å². The average molecular weight is 309 g/mol. The first-order chi connectivity index (χ1) is 9.97. The van der Waals surface area contributed by atoms with Gasteiger partial charge >= 0.3 is 0 Å². The highest BCUT2D eigenvalue weighted by atomic mass is 32.1. The molecule has 1 saturated carbocycles. The summed E-state index contributed by atoms with van der Waals surface area (Å²) >= 11 is 1.49. The third-order valence-corrected chi connectivity index (χ3v) is 5.33. The van der Waals surface area contributed by atoms with Crippen molar-refractivity contribution in [3.8, 4) is 0 Å². The molecule has 0 aromatic carbocycles. The molecule has 1 aliphatic carbocycles. The summed E-state index contributed by atoms with van der Waals surface area (Å²) in [6, 6.07) is 0.484. The lowest BCUT2D eigenvalue weighted by atomic mass is 9.78. The summed E-state index contributed by atoms with van der Waals surface area (Å²) < 4.78 is 10.7. The van der Waals surface area contributed by atoms with Gasteiger partial charge in [0, 0.05) is 29.6 Å². The first kappa shape index (κ1) is 15.2. The van der Waals surface area contributed by atoms with Crippen LogP contribution in [0.15, 0.2) is 0 Å². The van der Waals surface area contributed by atoms with Gasteiger partial charge in [0.2, 0.25) is 5.13 Å². The highest BCUT2D eigenvalue weighted by Gasteiger charge is 2.38. The molecule has 2 aliphatic rings. The van der Waals surface area contributed by atoms with Gasteiger partial charge in [0.25, 0.3) is 0 Å². The molecule has 1 spiro atoms. The first-order valence-electron chi connectivity index (χ1n) is 8.22. The summed E-state index contributed by atoms with van der Waals surface area (Å²) in [4.78, 5) is 4.66. The number of nitrogens with one attached hydrogen (secondary N) is 1. The van der Waals surface area contributed by atoms with Crippen LogP contribution in [0.3, 0.4) is 0 Å². The molecule has 0 amide bonds. The summed E-state index contributed by atoms with van der Waals surface area (Å²) in [5.74, 6) is 0.939. The van der Waals surface area contributed by atoms with Gasteiger partial charge in [-0.2, -0.15) is 4.37 Å². The number of ether oxygens (including phenoxy) is 1. The molecule has 1 N–H and O–H groups in total. The molecule has 1 saturated heterocycles. The lowest BCUT2D eigenvalue weighted by Crippen LogP contribution is -2.45. The number of hydrogen-bond acceptors (Lipinski definition) is 5. The Morgan fingerprint density at radius 3 is 2.67 bits per heavy atom. The van der Waals surface area contributed by atoms with Gasteiger partial charge in [0.05, 0.1) is 5.60 Å². The molecule has 3 rings (SSSR count). The topological polar surface area (TPSA) is 47.0 Å². The minimum absolute atomic E-state index is 0.0245. The van der Waals surface area contributed by atoms with Gasteiger partial charge in [0.1, 0.15) is 5.82 Å². The Morgan fingerprint density at radius 2 is 2.00 bits per heavy atom. The fourth-order valence-corrected chi connectivity index (χ4v) is 4.29. The molecule has 1 aromatic rings. The molecule has 5 heteroatoms. The van der Waals surface area contributed by atoms with Crippen molar-refractivity contribution in [2.24, 2.45) is 0 Å². The zero-order valence-corrected chi connectivity index (χ0v) is 14.3. The van der Waals surface area contributed by atoms with E-state index >= 15 is 0 Å². The summed E-state index contributed by atoms with van der Waals surface area (Å²) in [7, 11) is 0. The minimum atomic E-state index is 0.0245. The van der Waals surface area contributed by atoms with Crippen LogP contribution in [-0.4, -0.2) is 27.6 Å². The van der Waals surface area contributed by atoms with Gasteiger partial charge in [0.15, 0.2) is 0 Å². The molecule has 1 aromatic heterocycles. The van der Waals surface area contributed by atoms with E-state index in [1.54, 1.807) is 0 Å². The Kier molecular flexibility index (Phi) is 4.23. The number of rotatable bonds is 2. The Balaban J connectivity index is 1.63. The van der Waals surface area contributed by atoms with Crippen LogP contribution in [0.5, 0.6) is 0 Å². The maximum Gasteiger partial charge on any atom is 0.202 e. The molecule has 2 heterocycles. The van der Waals surface area contributed by atoms with Crippen molar-refractivity contribution in [3.63, 3.8) is 0 Å². The van der Waals surface area contributed by atoms with Crippen LogP contribution in [0.2, 0.25) is 0 Å². The molecule has 4 nitrogen and oxygen atoms in total. The predicted octanol–water partition coefficient (Wildman–Crippen LogP) is 4.13. The molecule has 118 valence electrons. The van der Waals surface area contributed by atoms with E-state index in [2.05, 4.69) is 35.4 Å². The summed E-state index contributed by atoms with van der Waals surface area (Å²) in [5.41, 5.74) is 0.169. The second kappa shape index (κ2) is 5.84. The second-order valence-corrected chi connectivity index (χ2v) is 8.35. The standard InChI is InChI=1S/C16H27N3OS/c1-15(2,3)13-18-14(21-19-13)17-12-7-10-20-16(11-12)8-5-4-6-9-16/h12H,4-11H2,1-3H3,(H,17,18,19). The van der Waals surface area contributed by atoms with Crippen LogP contribution in [0.25, 0.3) is 0 Å². The van der Waals surface area contributed by atoms with E-state index in [4.69, 9.17) is 4.74 Å². The van der Waals surface area contributed by atoms with Gasteiger partial charge < -0.3 is 10.1 Å². The van der Waals surface area contributed by atoms with Gasteiger partial charge in [-0.3, -0.25) is 0 Å². The Labute approximate surface area is 131 Å². The zero-order chi connectivity index (χ0) is 14.9. The second-order valence-electron chi connectivity index (χ2n) is 7.60. The molecule has 21 heavy (non-hydrogen) atoms. The van der Waals surface area contributed by atoms with Crippen molar-refractivity contribution in [2.75, 3.05) is 11.9 Å². The Morgan fingerprint density at radius 1 is 1.24 bits per heavy atom. The van der Waals surface area contributed by atoms with Gasteiger partial charge in [-0.25, -0.2) is 4.98 Å². The third-order valence-electron chi connectivity index (χ3n) is 4.68. The predicted molar refractivity (Wildman–Crippen MR) is 87.0 cm³/mol.